The maximum atomic E-state index is 12.2. The summed E-state index contributed by atoms with van der Waals surface area (Å²) in [6.45, 7) is 3.72. The second-order valence-electron chi connectivity index (χ2n) is 5.52. The van der Waals surface area contributed by atoms with Crippen molar-refractivity contribution < 1.29 is 4.79 Å². The number of amides is 1. The molecule has 0 radical (unpaired) electrons. The van der Waals surface area contributed by atoms with Crippen molar-refractivity contribution >= 4 is 5.91 Å². The van der Waals surface area contributed by atoms with Crippen LogP contribution in [0.2, 0.25) is 0 Å². The van der Waals surface area contributed by atoms with Gasteiger partial charge in [-0.3, -0.25) is 4.79 Å². The lowest BCUT2D eigenvalue weighted by Gasteiger charge is -2.23. The van der Waals surface area contributed by atoms with E-state index in [0.29, 0.717) is 5.92 Å². The van der Waals surface area contributed by atoms with E-state index in [2.05, 4.69) is 14.9 Å². The number of aryl methyl sites for hydroxylation is 2. The number of nitrogens with one attached hydrogen (secondary N) is 1. The predicted molar refractivity (Wildman–Crippen MR) is 76.5 cm³/mol. The van der Waals surface area contributed by atoms with Crippen LogP contribution in [-0.2, 0) is 20.0 Å². The molecule has 1 amide bonds. The van der Waals surface area contributed by atoms with E-state index in [4.69, 9.17) is 0 Å². The van der Waals surface area contributed by atoms with Gasteiger partial charge in [0.1, 0.15) is 11.5 Å². The monoisotopic (exact) mass is 272 g/mol. The molecule has 0 unspecified atom stereocenters. The molecule has 5 nitrogen and oxygen atoms in total. The Morgan fingerprint density at radius 1 is 1.50 bits per heavy atom. The lowest BCUT2D eigenvalue weighted by atomic mass is 9.98. The quantitative estimate of drug-likeness (QED) is 0.921. The van der Waals surface area contributed by atoms with E-state index in [1.54, 1.807) is 0 Å². The molecule has 1 aliphatic heterocycles. The molecule has 2 aromatic rings. The van der Waals surface area contributed by atoms with Crippen LogP contribution in [0.5, 0.6) is 0 Å². The van der Waals surface area contributed by atoms with Gasteiger partial charge in [-0.05, 0) is 31.4 Å². The molecule has 1 aliphatic rings. The van der Waals surface area contributed by atoms with Crippen molar-refractivity contribution in [3.8, 4) is 0 Å². The van der Waals surface area contributed by atoms with Crippen molar-refractivity contribution in [2.75, 3.05) is 6.54 Å². The highest BCUT2D eigenvalue weighted by atomic mass is 16.1. The summed E-state index contributed by atoms with van der Waals surface area (Å²) in [7, 11) is 1.92. The molecular weight excluding hydrogens is 252 g/mol. The largest absolute Gasteiger partial charge is 0.350 e. The molecule has 3 heterocycles. The Balaban J connectivity index is 1.58. The zero-order valence-corrected chi connectivity index (χ0v) is 12.0. The zero-order chi connectivity index (χ0) is 14.1. The number of hydrogen-bond acceptors (Lipinski definition) is 2. The molecule has 1 N–H and O–H groups in total. The van der Waals surface area contributed by atoms with E-state index in [1.807, 2.05) is 43.1 Å². The summed E-state index contributed by atoms with van der Waals surface area (Å²) in [6.07, 6.45) is 5.91. The molecule has 1 atom stereocenters. The van der Waals surface area contributed by atoms with Crippen LogP contribution in [0.1, 0.15) is 28.4 Å². The highest BCUT2D eigenvalue weighted by Crippen LogP contribution is 2.18. The van der Waals surface area contributed by atoms with E-state index in [-0.39, 0.29) is 5.91 Å². The molecule has 0 spiro atoms. The van der Waals surface area contributed by atoms with E-state index >= 15 is 0 Å². The predicted octanol–water partition coefficient (Wildman–Crippen LogP) is 1.52. The third-order valence-electron chi connectivity index (χ3n) is 4.21. The molecular formula is C15H20N4O. The molecule has 20 heavy (non-hydrogen) atoms. The van der Waals surface area contributed by atoms with Gasteiger partial charge >= 0.3 is 0 Å². The van der Waals surface area contributed by atoms with Crippen molar-refractivity contribution in [3.63, 3.8) is 0 Å². The first-order valence-corrected chi connectivity index (χ1v) is 7.05. The Labute approximate surface area is 118 Å². The fourth-order valence-corrected chi connectivity index (χ4v) is 2.76. The Hall–Kier alpha value is -2.04. The minimum Gasteiger partial charge on any atom is -0.350 e. The molecule has 2 aromatic heterocycles. The number of hydrogen-bond donors (Lipinski definition) is 1. The number of aromatic nitrogens is 3. The van der Waals surface area contributed by atoms with Crippen LogP contribution in [0.25, 0.3) is 0 Å². The summed E-state index contributed by atoms with van der Waals surface area (Å²) < 4.78 is 4.11. The summed E-state index contributed by atoms with van der Waals surface area (Å²) in [5, 5.41) is 3.05. The fraction of sp³-hybridized carbons (Fsp3) is 0.467. The number of carbonyl (C=O) groups is 1. The Kier molecular flexibility index (Phi) is 3.34. The minimum atomic E-state index is 0.00881. The molecule has 0 bridgehead atoms. The van der Waals surface area contributed by atoms with Gasteiger partial charge in [-0.25, -0.2) is 4.98 Å². The van der Waals surface area contributed by atoms with Crippen molar-refractivity contribution in [3.05, 3.63) is 41.7 Å². The van der Waals surface area contributed by atoms with E-state index in [0.717, 1.165) is 43.1 Å². The van der Waals surface area contributed by atoms with Gasteiger partial charge in [0.05, 0.1) is 0 Å². The van der Waals surface area contributed by atoms with Crippen LogP contribution in [0, 0.1) is 12.8 Å². The summed E-state index contributed by atoms with van der Waals surface area (Å²) in [5.41, 5.74) is 1.81. The second kappa shape index (κ2) is 5.15. The highest BCUT2D eigenvalue weighted by molar-refractivity contribution is 5.92. The number of imidazole rings is 1. The van der Waals surface area contributed by atoms with Crippen LogP contribution in [0.4, 0.5) is 0 Å². The SMILES string of the molecule is Cc1ccc(C(=O)NC[C@@H]2CCn3ccnc3C2)n1C. The Bertz CT molecular complexity index is 626. The van der Waals surface area contributed by atoms with Gasteiger partial charge < -0.3 is 14.5 Å². The van der Waals surface area contributed by atoms with E-state index in [1.165, 1.54) is 0 Å². The molecule has 0 aromatic carbocycles. The number of carbonyl (C=O) groups excluding carboxylic acids is 1. The first-order chi connectivity index (χ1) is 9.65. The Morgan fingerprint density at radius 2 is 2.35 bits per heavy atom. The molecule has 0 saturated carbocycles. The van der Waals surface area contributed by atoms with Gasteiger partial charge in [0.15, 0.2) is 0 Å². The topological polar surface area (TPSA) is 51.9 Å². The Morgan fingerprint density at radius 3 is 3.10 bits per heavy atom. The van der Waals surface area contributed by atoms with Gasteiger partial charge in [-0.15, -0.1) is 0 Å². The van der Waals surface area contributed by atoms with Gasteiger partial charge in [-0.2, -0.15) is 0 Å². The third-order valence-corrected chi connectivity index (χ3v) is 4.21. The molecule has 106 valence electrons. The van der Waals surface area contributed by atoms with Crippen LogP contribution in [0.3, 0.4) is 0 Å². The van der Waals surface area contributed by atoms with Crippen molar-refractivity contribution in [2.45, 2.75) is 26.3 Å². The lowest BCUT2D eigenvalue weighted by Crippen LogP contribution is -2.34. The highest BCUT2D eigenvalue weighted by Gasteiger charge is 2.20. The summed E-state index contributed by atoms with van der Waals surface area (Å²) in [5.74, 6) is 1.62. The van der Waals surface area contributed by atoms with Gasteiger partial charge in [0, 0.05) is 44.6 Å². The molecule has 0 fully saturated rings. The van der Waals surface area contributed by atoms with Gasteiger partial charge in [-0.1, -0.05) is 0 Å². The van der Waals surface area contributed by atoms with Crippen LogP contribution in [-0.4, -0.2) is 26.6 Å². The normalized spacial score (nSPS) is 17.8. The van der Waals surface area contributed by atoms with Crippen LogP contribution >= 0.6 is 0 Å². The maximum Gasteiger partial charge on any atom is 0.267 e. The van der Waals surface area contributed by atoms with E-state index in [9.17, 15) is 4.79 Å². The van der Waals surface area contributed by atoms with Crippen LogP contribution < -0.4 is 5.32 Å². The summed E-state index contributed by atoms with van der Waals surface area (Å²) >= 11 is 0. The number of nitrogens with zero attached hydrogens (tertiary/aromatic N) is 3. The smallest absolute Gasteiger partial charge is 0.267 e. The van der Waals surface area contributed by atoms with Crippen molar-refractivity contribution in [2.24, 2.45) is 13.0 Å². The van der Waals surface area contributed by atoms with Crippen molar-refractivity contribution in [1.29, 1.82) is 0 Å². The minimum absolute atomic E-state index is 0.00881. The molecule has 0 aliphatic carbocycles. The standard InChI is InChI=1S/C15H20N4O/c1-11-3-4-13(18(11)2)15(20)17-10-12-5-7-19-8-6-16-14(19)9-12/h3-4,6,8,12H,5,7,9-10H2,1-2H3,(H,17,20)/t12-/m1/s1. The fourth-order valence-electron chi connectivity index (χ4n) is 2.76. The maximum absolute atomic E-state index is 12.2. The summed E-state index contributed by atoms with van der Waals surface area (Å²) in [4.78, 5) is 16.5. The number of rotatable bonds is 3. The average molecular weight is 272 g/mol. The third kappa shape index (κ3) is 2.35. The van der Waals surface area contributed by atoms with Gasteiger partial charge in [0.2, 0.25) is 0 Å². The molecule has 3 rings (SSSR count). The number of fused-ring (bicyclic) bond motifs is 1. The zero-order valence-electron chi connectivity index (χ0n) is 12.0. The van der Waals surface area contributed by atoms with Crippen molar-refractivity contribution in [1.82, 2.24) is 19.4 Å². The molecule has 5 heteroatoms. The van der Waals surface area contributed by atoms with E-state index < -0.39 is 0 Å². The first kappa shape index (κ1) is 13.0. The summed E-state index contributed by atoms with van der Waals surface area (Å²) in [6, 6.07) is 3.84. The average Bonchev–Trinajstić information content (AvgIpc) is 3.03. The van der Waals surface area contributed by atoms with Gasteiger partial charge in [0.25, 0.3) is 5.91 Å². The first-order valence-electron chi connectivity index (χ1n) is 7.05. The second-order valence-corrected chi connectivity index (χ2v) is 5.52. The van der Waals surface area contributed by atoms with Crippen LogP contribution in [0.15, 0.2) is 24.5 Å². The molecule has 0 saturated heterocycles. The lowest BCUT2D eigenvalue weighted by molar-refractivity contribution is 0.0936.